The summed E-state index contributed by atoms with van der Waals surface area (Å²) >= 11 is 7.26. The fraction of sp³-hybridized carbons (Fsp3) is 0.571. The Kier molecular flexibility index (Phi) is 4.49. The first-order chi connectivity index (χ1) is 9.10. The number of amides is 1. The number of thiophene rings is 1. The molecule has 19 heavy (non-hydrogen) atoms. The summed E-state index contributed by atoms with van der Waals surface area (Å²) in [4.78, 5) is 12.7. The summed E-state index contributed by atoms with van der Waals surface area (Å²) < 4.78 is 0. The highest BCUT2D eigenvalue weighted by atomic mass is 35.5. The normalized spacial score (nSPS) is 26.7. The number of nitrogens with zero attached hydrogens (tertiary/aromatic N) is 1. The average molecular weight is 297 g/mol. The molecular weight excluding hydrogens is 280 g/mol. The highest BCUT2D eigenvalue weighted by Gasteiger charge is 2.37. The van der Waals surface area contributed by atoms with E-state index in [9.17, 15) is 10.1 Å². The van der Waals surface area contributed by atoms with Gasteiger partial charge in [-0.2, -0.15) is 5.26 Å². The van der Waals surface area contributed by atoms with E-state index < -0.39 is 5.54 Å². The van der Waals surface area contributed by atoms with Gasteiger partial charge in [0.05, 0.1) is 11.1 Å². The minimum Gasteiger partial charge on any atom is -0.333 e. The Morgan fingerprint density at radius 3 is 2.79 bits per heavy atom. The monoisotopic (exact) mass is 296 g/mol. The highest BCUT2D eigenvalue weighted by Crippen LogP contribution is 2.34. The molecule has 3 nitrogen and oxygen atoms in total. The number of nitriles is 1. The minimum atomic E-state index is -0.712. The molecule has 0 radical (unpaired) electrons. The zero-order valence-corrected chi connectivity index (χ0v) is 12.5. The third-order valence-corrected chi connectivity index (χ3v) is 5.27. The minimum absolute atomic E-state index is 0.225. The van der Waals surface area contributed by atoms with Gasteiger partial charge < -0.3 is 5.32 Å². The van der Waals surface area contributed by atoms with Crippen LogP contribution in [0.25, 0.3) is 0 Å². The number of hydrogen-bond acceptors (Lipinski definition) is 3. The Morgan fingerprint density at radius 1 is 1.63 bits per heavy atom. The molecule has 0 bridgehead atoms. The van der Waals surface area contributed by atoms with Crippen molar-refractivity contribution < 1.29 is 4.79 Å². The van der Waals surface area contributed by atoms with Gasteiger partial charge in [0.15, 0.2) is 0 Å². The van der Waals surface area contributed by atoms with Crippen LogP contribution in [0, 0.1) is 17.2 Å². The van der Waals surface area contributed by atoms with Gasteiger partial charge in [0.1, 0.15) is 10.4 Å². The zero-order chi connectivity index (χ0) is 13.9. The second kappa shape index (κ2) is 5.94. The highest BCUT2D eigenvalue weighted by molar-refractivity contribution is 7.12. The van der Waals surface area contributed by atoms with Crippen LogP contribution in [0.4, 0.5) is 0 Å². The lowest BCUT2D eigenvalue weighted by atomic mass is 9.76. The van der Waals surface area contributed by atoms with E-state index >= 15 is 0 Å². The molecule has 1 saturated carbocycles. The second-order valence-electron chi connectivity index (χ2n) is 5.10. The molecular formula is C14H17ClN2OS. The van der Waals surface area contributed by atoms with Crippen LogP contribution in [-0.2, 0) is 0 Å². The standard InChI is InChI=1S/C14H17ClN2OS/c1-2-10-3-6-14(9-16,7-4-10)17-13(18)12-11(15)5-8-19-12/h5,8,10H,2-4,6-7H2,1H3,(H,17,18). The number of carbonyl (C=O) groups is 1. The van der Waals surface area contributed by atoms with E-state index in [4.69, 9.17) is 11.6 Å². The fourth-order valence-electron chi connectivity index (χ4n) is 2.57. The van der Waals surface area contributed by atoms with Gasteiger partial charge in [-0.05, 0) is 43.0 Å². The predicted octanol–water partition coefficient (Wildman–Crippen LogP) is 3.99. The van der Waals surface area contributed by atoms with E-state index in [0.29, 0.717) is 15.8 Å². The maximum Gasteiger partial charge on any atom is 0.264 e. The van der Waals surface area contributed by atoms with Gasteiger partial charge in [-0.1, -0.05) is 24.9 Å². The molecule has 0 aromatic carbocycles. The van der Waals surface area contributed by atoms with Gasteiger partial charge in [-0.25, -0.2) is 0 Å². The third kappa shape index (κ3) is 3.10. The van der Waals surface area contributed by atoms with Gasteiger partial charge in [0, 0.05) is 0 Å². The van der Waals surface area contributed by atoms with Crippen molar-refractivity contribution in [1.82, 2.24) is 5.32 Å². The van der Waals surface area contributed by atoms with Crippen LogP contribution >= 0.6 is 22.9 Å². The topological polar surface area (TPSA) is 52.9 Å². The van der Waals surface area contributed by atoms with Crippen molar-refractivity contribution in [1.29, 1.82) is 5.26 Å². The van der Waals surface area contributed by atoms with Gasteiger partial charge in [0.25, 0.3) is 5.91 Å². The Morgan fingerprint density at radius 2 is 2.32 bits per heavy atom. The smallest absolute Gasteiger partial charge is 0.264 e. The fourth-order valence-corrected chi connectivity index (χ4v) is 3.61. The van der Waals surface area contributed by atoms with Crippen LogP contribution in [0.15, 0.2) is 11.4 Å². The number of hydrogen-bond donors (Lipinski definition) is 1. The van der Waals surface area contributed by atoms with Gasteiger partial charge in [-0.3, -0.25) is 4.79 Å². The number of halogens is 1. The zero-order valence-electron chi connectivity index (χ0n) is 10.9. The maximum absolute atomic E-state index is 12.2. The van der Waals surface area contributed by atoms with Crippen LogP contribution in [0.3, 0.4) is 0 Å². The average Bonchev–Trinajstić information content (AvgIpc) is 2.86. The van der Waals surface area contributed by atoms with E-state index in [1.165, 1.54) is 11.3 Å². The van der Waals surface area contributed by atoms with Crippen LogP contribution < -0.4 is 5.32 Å². The lowest BCUT2D eigenvalue weighted by molar-refractivity contribution is 0.0895. The molecule has 102 valence electrons. The Hall–Kier alpha value is -1.05. The Balaban J connectivity index is 2.06. The lowest BCUT2D eigenvalue weighted by Crippen LogP contribution is -2.49. The van der Waals surface area contributed by atoms with Crippen molar-refractivity contribution in [2.75, 3.05) is 0 Å². The third-order valence-electron chi connectivity index (χ3n) is 3.93. The largest absolute Gasteiger partial charge is 0.333 e. The summed E-state index contributed by atoms with van der Waals surface area (Å²) in [5.74, 6) is 0.459. The molecule has 1 N–H and O–H groups in total. The molecule has 1 aliphatic carbocycles. The molecule has 0 spiro atoms. The molecule has 1 aliphatic rings. The molecule has 1 aromatic heterocycles. The summed E-state index contributed by atoms with van der Waals surface area (Å²) in [6.07, 6.45) is 4.62. The van der Waals surface area contributed by atoms with Crippen molar-refractivity contribution in [2.45, 2.75) is 44.6 Å². The van der Waals surface area contributed by atoms with Crippen LogP contribution in [0.2, 0.25) is 5.02 Å². The SMILES string of the molecule is CCC1CCC(C#N)(NC(=O)c2sccc2Cl)CC1. The van der Waals surface area contributed by atoms with E-state index in [2.05, 4.69) is 18.3 Å². The van der Waals surface area contributed by atoms with Gasteiger partial charge in [-0.15, -0.1) is 11.3 Å². The van der Waals surface area contributed by atoms with E-state index in [1.54, 1.807) is 11.4 Å². The molecule has 0 aliphatic heterocycles. The molecule has 2 rings (SSSR count). The lowest BCUT2D eigenvalue weighted by Gasteiger charge is -2.35. The summed E-state index contributed by atoms with van der Waals surface area (Å²) in [5, 5.41) is 14.6. The molecule has 1 heterocycles. The first-order valence-corrected chi connectivity index (χ1v) is 7.83. The second-order valence-corrected chi connectivity index (χ2v) is 6.42. The van der Waals surface area contributed by atoms with Crippen molar-refractivity contribution in [3.63, 3.8) is 0 Å². The van der Waals surface area contributed by atoms with Crippen LogP contribution in [0.1, 0.15) is 48.7 Å². The summed E-state index contributed by atoms with van der Waals surface area (Å²) in [6.45, 7) is 2.17. The maximum atomic E-state index is 12.2. The predicted molar refractivity (Wildman–Crippen MR) is 77.4 cm³/mol. The van der Waals surface area contributed by atoms with E-state index in [0.717, 1.165) is 32.1 Å². The van der Waals surface area contributed by atoms with Crippen molar-refractivity contribution in [2.24, 2.45) is 5.92 Å². The summed E-state index contributed by atoms with van der Waals surface area (Å²) in [7, 11) is 0. The van der Waals surface area contributed by atoms with Crippen molar-refractivity contribution in [3.05, 3.63) is 21.3 Å². The molecule has 0 unspecified atom stereocenters. The molecule has 1 aromatic rings. The van der Waals surface area contributed by atoms with E-state index in [-0.39, 0.29) is 5.91 Å². The van der Waals surface area contributed by atoms with Crippen molar-refractivity contribution in [3.8, 4) is 6.07 Å². The first-order valence-electron chi connectivity index (χ1n) is 6.57. The molecule has 0 atom stereocenters. The number of rotatable bonds is 3. The molecule has 0 saturated heterocycles. The molecule has 5 heteroatoms. The van der Waals surface area contributed by atoms with Gasteiger partial charge >= 0.3 is 0 Å². The Bertz CT molecular complexity index is 498. The summed E-state index contributed by atoms with van der Waals surface area (Å²) in [5.41, 5.74) is -0.712. The van der Waals surface area contributed by atoms with Crippen LogP contribution in [0.5, 0.6) is 0 Å². The molecule has 1 fully saturated rings. The van der Waals surface area contributed by atoms with Gasteiger partial charge in [0.2, 0.25) is 0 Å². The van der Waals surface area contributed by atoms with Crippen molar-refractivity contribution >= 4 is 28.8 Å². The quantitative estimate of drug-likeness (QED) is 0.917. The first kappa shape index (κ1) is 14.4. The Labute approximate surface area is 122 Å². The molecule has 1 amide bonds. The number of carbonyl (C=O) groups excluding carboxylic acids is 1. The number of nitrogens with one attached hydrogen (secondary N) is 1. The summed E-state index contributed by atoms with van der Waals surface area (Å²) in [6, 6.07) is 4.01. The van der Waals surface area contributed by atoms with Crippen LogP contribution in [-0.4, -0.2) is 11.4 Å². The van der Waals surface area contributed by atoms with E-state index in [1.807, 2.05) is 0 Å².